The Morgan fingerprint density at radius 2 is 1.84 bits per heavy atom. The first kappa shape index (κ1) is 12.8. The van der Waals surface area contributed by atoms with E-state index < -0.39 is 0 Å². The number of nitrogens with zero attached hydrogens (tertiary/aromatic N) is 2. The van der Waals surface area contributed by atoms with Crippen molar-refractivity contribution in [1.82, 2.24) is 9.55 Å². The molecule has 0 aliphatic carbocycles. The first-order valence-electron chi connectivity index (χ1n) is 5.45. The number of rotatable bonds is 1. The zero-order valence-electron chi connectivity index (χ0n) is 9.57. The van der Waals surface area contributed by atoms with Gasteiger partial charge in [0.25, 0.3) is 0 Å². The Morgan fingerprint density at radius 3 is 2.58 bits per heavy atom. The molecule has 1 aromatic heterocycles. The molecule has 0 aliphatic rings. The molecule has 2 aromatic carbocycles. The minimum absolute atomic E-state index is 0.409. The van der Waals surface area contributed by atoms with Crippen LogP contribution in [0.4, 0.5) is 5.95 Å². The van der Waals surface area contributed by atoms with Gasteiger partial charge in [0.1, 0.15) is 0 Å². The van der Waals surface area contributed by atoms with Gasteiger partial charge >= 0.3 is 0 Å². The van der Waals surface area contributed by atoms with E-state index in [1.165, 1.54) is 0 Å². The summed E-state index contributed by atoms with van der Waals surface area (Å²) in [6, 6.07) is 11.2. The van der Waals surface area contributed by atoms with Gasteiger partial charge in [-0.2, -0.15) is 0 Å². The topological polar surface area (TPSA) is 43.8 Å². The van der Waals surface area contributed by atoms with Crippen LogP contribution in [0.2, 0.25) is 10.0 Å². The second kappa shape index (κ2) is 4.71. The third-order valence-electron chi connectivity index (χ3n) is 2.80. The van der Waals surface area contributed by atoms with Crippen LogP contribution in [0.25, 0.3) is 16.7 Å². The molecule has 19 heavy (non-hydrogen) atoms. The van der Waals surface area contributed by atoms with Crippen LogP contribution >= 0.6 is 39.1 Å². The molecule has 0 saturated heterocycles. The molecule has 3 rings (SSSR count). The summed E-state index contributed by atoms with van der Waals surface area (Å²) in [6.07, 6.45) is 0. The lowest BCUT2D eigenvalue weighted by atomic mass is 10.3. The molecular formula is C13H8BrCl2N3. The molecule has 0 atom stereocenters. The Hall–Kier alpha value is -1.23. The molecule has 3 nitrogen and oxygen atoms in total. The number of fused-ring (bicyclic) bond motifs is 1. The number of halogens is 3. The van der Waals surface area contributed by atoms with Gasteiger partial charge in [0.2, 0.25) is 5.95 Å². The summed E-state index contributed by atoms with van der Waals surface area (Å²) in [7, 11) is 0. The smallest absolute Gasteiger partial charge is 0.205 e. The fourth-order valence-electron chi connectivity index (χ4n) is 1.97. The fraction of sp³-hybridized carbons (Fsp3) is 0. The van der Waals surface area contributed by atoms with E-state index in [1.807, 2.05) is 28.8 Å². The van der Waals surface area contributed by atoms with Crippen molar-refractivity contribution in [2.75, 3.05) is 5.73 Å². The molecule has 0 amide bonds. The van der Waals surface area contributed by atoms with Crippen LogP contribution in [-0.4, -0.2) is 9.55 Å². The van der Waals surface area contributed by atoms with Gasteiger partial charge in [0.15, 0.2) is 0 Å². The fourth-order valence-corrected chi connectivity index (χ4v) is 2.61. The van der Waals surface area contributed by atoms with Crippen molar-refractivity contribution in [2.24, 2.45) is 0 Å². The third kappa shape index (κ3) is 2.20. The molecule has 0 fully saturated rings. The van der Waals surface area contributed by atoms with Crippen molar-refractivity contribution < 1.29 is 0 Å². The second-order valence-corrected chi connectivity index (χ2v) is 5.77. The minimum atomic E-state index is 0.409. The number of aromatic nitrogens is 2. The van der Waals surface area contributed by atoms with Gasteiger partial charge in [-0.25, -0.2) is 4.98 Å². The summed E-state index contributed by atoms with van der Waals surface area (Å²) in [5, 5.41) is 0.994. The lowest BCUT2D eigenvalue weighted by Gasteiger charge is -2.07. The standard InChI is InChI=1S/C13H8BrCl2N3/c14-7-1-4-12-11(5-7)18-13(17)19(12)8-2-3-9(15)10(16)6-8/h1-6H,(H2,17,18). The van der Waals surface area contributed by atoms with Crippen LogP contribution in [0.3, 0.4) is 0 Å². The van der Waals surface area contributed by atoms with E-state index in [9.17, 15) is 0 Å². The summed E-state index contributed by atoms with van der Waals surface area (Å²) >= 11 is 15.4. The lowest BCUT2D eigenvalue weighted by Crippen LogP contribution is -2.00. The van der Waals surface area contributed by atoms with Crippen molar-refractivity contribution in [3.63, 3.8) is 0 Å². The molecule has 6 heteroatoms. The largest absolute Gasteiger partial charge is 0.369 e. The van der Waals surface area contributed by atoms with Crippen molar-refractivity contribution in [3.05, 3.63) is 50.9 Å². The molecule has 2 N–H and O–H groups in total. The van der Waals surface area contributed by atoms with Crippen LogP contribution in [0.5, 0.6) is 0 Å². The Balaban J connectivity index is 2.29. The van der Waals surface area contributed by atoms with Crippen LogP contribution in [0.15, 0.2) is 40.9 Å². The van der Waals surface area contributed by atoms with Gasteiger partial charge in [0, 0.05) is 4.47 Å². The number of anilines is 1. The van der Waals surface area contributed by atoms with Crippen LogP contribution in [0, 0.1) is 0 Å². The third-order valence-corrected chi connectivity index (χ3v) is 4.04. The molecule has 96 valence electrons. The monoisotopic (exact) mass is 355 g/mol. The molecule has 1 heterocycles. The van der Waals surface area contributed by atoms with E-state index in [0.717, 1.165) is 21.2 Å². The quantitative estimate of drug-likeness (QED) is 0.688. The highest BCUT2D eigenvalue weighted by Gasteiger charge is 2.11. The Kier molecular flexibility index (Phi) is 3.17. The van der Waals surface area contributed by atoms with Gasteiger partial charge in [-0.1, -0.05) is 39.1 Å². The van der Waals surface area contributed by atoms with E-state index in [2.05, 4.69) is 20.9 Å². The zero-order valence-corrected chi connectivity index (χ0v) is 12.7. The predicted octanol–water partition coefficient (Wildman–Crippen LogP) is 4.68. The minimum Gasteiger partial charge on any atom is -0.369 e. The maximum absolute atomic E-state index is 6.05. The summed E-state index contributed by atoms with van der Waals surface area (Å²) in [6.45, 7) is 0. The molecule has 0 spiro atoms. The molecule has 0 saturated carbocycles. The molecule has 3 aromatic rings. The van der Waals surface area contributed by atoms with Gasteiger partial charge in [-0.3, -0.25) is 4.57 Å². The number of hydrogen-bond donors (Lipinski definition) is 1. The van der Waals surface area contributed by atoms with Crippen molar-refractivity contribution >= 4 is 56.1 Å². The summed E-state index contributed by atoms with van der Waals surface area (Å²) in [5.41, 5.74) is 8.55. The highest BCUT2D eigenvalue weighted by atomic mass is 79.9. The van der Waals surface area contributed by atoms with Gasteiger partial charge < -0.3 is 5.73 Å². The number of nitrogen functional groups attached to an aromatic ring is 1. The molecule has 0 aliphatic heterocycles. The number of imidazole rings is 1. The first-order chi connectivity index (χ1) is 9.06. The van der Waals surface area contributed by atoms with Crippen molar-refractivity contribution in [1.29, 1.82) is 0 Å². The molecular weight excluding hydrogens is 349 g/mol. The van der Waals surface area contributed by atoms with E-state index in [1.54, 1.807) is 12.1 Å². The molecule has 0 unspecified atom stereocenters. The summed E-state index contributed by atoms with van der Waals surface area (Å²) < 4.78 is 2.79. The van der Waals surface area contributed by atoms with Gasteiger partial charge in [0.05, 0.1) is 26.8 Å². The molecule has 0 bridgehead atoms. The average Bonchev–Trinajstić information content (AvgIpc) is 2.68. The Bertz CT molecular complexity index is 783. The van der Waals surface area contributed by atoms with Crippen LogP contribution in [-0.2, 0) is 0 Å². The predicted molar refractivity (Wildman–Crippen MR) is 83.2 cm³/mol. The van der Waals surface area contributed by atoms with Crippen molar-refractivity contribution in [3.8, 4) is 5.69 Å². The van der Waals surface area contributed by atoms with Crippen molar-refractivity contribution in [2.45, 2.75) is 0 Å². The van der Waals surface area contributed by atoms with E-state index in [4.69, 9.17) is 28.9 Å². The highest BCUT2D eigenvalue weighted by Crippen LogP contribution is 2.29. The SMILES string of the molecule is Nc1nc2cc(Br)ccc2n1-c1ccc(Cl)c(Cl)c1. The molecule has 0 radical (unpaired) electrons. The number of benzene rings is 2. The summed E-state index contributed by atoms with van der Waals surface area (Å²) in [5.74, 6) is 0.409. The highest BCUT2D eigenvalue weighted by molar-refractivity contribution is 9.10. The van der Waals surface area contributed by atoms with Gasteiger partial charge in [-0.05, 0) is 36.4 Å². The van der Waals surface area contributed by atoms with Crippen LogP contribution < -0.4 is 5.73 Å². The van der Waals surface area contributed by atoms with Crippen LogP contribution in [0.1, 0.15) is 0 Å². The lowest BCUT2D eigenvalue weighted by molar-refractivity contribution is 1.11. The Labute approximate surface area is 128 Å². The Morgan fingerprint density at radius 1 is 1.05 bits per heavy atom. The zero-order chi connectivity index (χ0) is 13.6. The summed E-state index contributed by atoms with van der Waals surface area (Å²) in [4.78, 5) is 4.34. The second-order valence-electron chi connectivity index (χ2n) is 4.04. The maximum atomic E-state index is 6.05. The van der Waals surface area contributed by atoms with E-state index in [0.29, 0.717) is 16.0 Å². The first-order valence-corrected chi connectivity index (χ1v) is 7.00. The number of nitrogens with two attached hydrogens (primary N) is 1. The normalized spacial score (nSPS) is 11.1. The van der Waals surface area contributed by atoms with Gasteiger partial charge in [-0.15, -0.1) is 0 Å². The number of hydrogen-bond acceptors (Lipinski definition) is 2. The maximum Gasteiger partial charge on any atom is 0.205 e. The van der Waals surface area contributed by atoms with E-state index in [-0.39, 0.29) is 0 Å². The van der Waals surface area contributed by atoms with E-state index >= 15 is 0 Å². The average molecular weight is 357 g/mol.